The monoisotopic (exact) mass is 255 g/mol. The van der Waals surface area contributed by atoms with Crippen LogP contribution in [-0.2, 0) is 4.79 Å². The number of hydrogen-bond acceptors (Lipinski definition) is 4. The molecule has 2 aliphatic heterocycles. The molecule has 0 aliphatic carbocycles. The van der Waals surface area contributed by atoms with Gasteiger partial charge in [0.2, 0.25) is 0 Å². The Morgan fingerprint density at radius 2 is 2.00 bits per heavy atom. The van der Waals surface area contributed by atoms with E-state index in [0.29, 0.717) is 18.5 Å². The molecular weight excluding hydrogens is 230 g/mol. The number of nitrogens with two attached hydrogens (primary N) is 1. The molecule has 0 aromatic rings. The third-order valence-corrected chi connectivity index (χ3v) is 4.40. The predicted molar refractivity (Wildman–Crippen MR) is 70.5 cm³/mol. The lowest BCUT2D eigenvalue weighted by Gasteiger charge is -2.35. The summed E-state index contributed by atoms with van der Waals surface area (Å²) in [6.07, 6.45) is 3.94. The van der Waals surface area contributed by atoms with E-state index >= 15 is 0 Å². The standard InChI is InChI=1S/C13H25N3O2/c1-2-12(13(17)18)16-8-5-11(9-16)15-6-3-10(14)4-7-15/h10-12H,2-9,14H2,1H3,(H,17,18). The van der Waals surface area contributed by atoms with Crippen LogP contribution in [0.25, 0.3) is 0 Å². The molecule has 0 radical (unpaired) electrons. The fourth-order valence-corrected chi connectivity index (χ4v) is 3.22. The van der Waals surface area contributed by atoms with Crippen LogP contribution < -0.4 is 5.73 Å². The van der Waals surface area contributed by atoms with E-state index in [1.807, 2.05) is 6.92 Å². The summed E-state index contributed by atoms with van der Waals surface area (Å²) in [5, 5.41) is 9.19. The Morgan fingerprint density at radius 3 is 2.56 bits per heavy atom. The minimum Gasteiger partial charge on any atom is -0.480 e. The molecule has 0 amide bonds. The number of likely N-dealkylation sites (tertiary alicyclic amines) is 2. The van der Waals surface area contributed by atoms with Gasteiger partial charge in [-0.1, -0.05) is 6.92 Å². The van der Waals surface area contributed by atoms with E-state index in [0.717, 1.165) is 45.4 Å². The second-order valence-corrected chi connectivity index (χ2v) is 5.57. The number of piperidine rings is 1. The van der Waals surface area contributed by atoms with E-state index in [4.69, 9.17) is 5.73 Å². The van der Waals surface area contributed by atoms with Gasteiger partial charge in [-0.05, 0) is 38.8 Å². The normalized spacial score (nSPS) is 29.6. The predicted octanol–water partition coefficient (Wildman–Crippen LogP) is 0.347. The zero-order chi connectivity index (χ0) is 13.1. The van der Waals surface area contributed by atoms with Crippen molar-refractivity contribution in [1.82, 2.24) is 9.80 Å². The van der Waals surface area contributed by atoms with E-state index in [9.17, 15) is 9.90 Å². The highest BCUT2D eigenvalue weighted by Gasteiger charge is 2.34. The second-order valence-electron chi connectivity index (χ2n) is 5.57. The highest BCUT2D eigenvalue weighted by atomic mass is 16.4. The summed E-state index contributed by atoms with van der Waals surface area (Å²) in [4.78, 5) is 15.8. The highest BCUT2D eigenvalue weighted by molar-refractivity contribution is 5.73. The lowest BCUT2D eigenvalue weighted by Crippen LogP contribution is -2.47. The number of aliphatic carboxylic acids is 1. The van der Waals surface area contributed by atoms with Crippen LogP contribution >= 0.6 is 0 Å². The van der Waals surface area contributed by atoms with Gasteiger partial charge in [0.25, 0.3) is 0 Å². The van der Waals surface area contributed by atoms with Crippen LogP contribution in [0.3, 0.4) is 0 Å². The van der Waals surface area contributed by atoms with Gasteiger partial charge in [-0.2, -0.15) is 0 Å². The molecule has 2 heterocycles. The summed E-state index contributed by atoms with van der Waals surface area (Å²) in [5.74, 6) is -0.682. The van der Waals surface area contributed by atoms with Crippen LogP contribution in [0.2, 0.25) is 0 Å². The highest BCUT2D eigenvalue weighted by Crippen LogP contribution is 2.22. The Bertz CT molecular complexity index is 290. The lowest BCUT2D eigenvalue weighted by molar-refractivity contribution is -0.143. The minimum absolute atomic E-state index is 0.304. The van der Waals surface area contributed by atoms with Crippen molar-refractivity contribution in [2.45, 2.75) is 50.7 Å². The van der Waals surface area contributed by atoms with Crippen LogP contribution in [0.1, 0.15) is 32.6 Å². The third-order valence-electron chi connectivity index (χ3n) is 4.40. The molecule has 0 saturated carbocycles. The average Bonchev–Trinajstić information content (AvgIpc) is 2.80. The summed E-state index contributed by atoms with van der Waals surface area (Å²) >= 11 is 0. The van der Waals surface area contributed by atoms with E-state index in [2.05, 4.69) is 9.80 Å². The largest absolute Gasteiger partial charge is 0.480 e. The van der Waals surface area contributed by atoms with Gasteiger partial charge in [0, 0.05) is 25.2 Å². The molecule has 3 N–H and O–H groups in total. The van der Waals surface area contributed by atoms with Crippen molar-refractivity contribution in [1.29, 1.82) is 0 Å². The van der Waals surface area contributed by atoms with Gasteiger partial charge in [-0.3, -0.25) is 14.6 Å². The van der Waals surface area contributed by atoms with Crippen molar-refractivity contribution in [3.63, 3.8) is 0 Å². The maximum Gasteiger partial charge on any atom is 0.320 e. The smallest absolute Gasteiger partial charge is 0.320 e. The number of nitrogens with zero attached hydrogens (tertiary/aromatic N) is 2. The molecular formula is C13H25N3O2. The summed E-state index contributed by atoms with van der Waals surface area (Å²) in [6.45, 7) is 5.91. The summed E-state index contributed by atoms with van der Waals surface area (Å²) in [5.41, 5.74) is 5.92. The number of carbonyl (C=O) groups is 1. The number of carboxylic acid groups (broad SMARTS) is 1. The van der Waals surface area contributed by atoms with E-state index < -0.39 is 5.97 Å². The molecule has 2 fully saturated rings. The van der Waals surface area contributed by atoms with Crippen molar-refractivity contribution in [2.75, 3.05) is 26.2 Å². The fourth-order valence-electron chi connectivity index (χ4n) is 3.22. The van der Waals surface area contributed by atoms with Crippen molar-refractivity contribution in [3.8, 4) is 0 Å². The summed E-state index contributed by atoms with van der Waals surface area (Å²) in [7, 11) is 0. The lowest BCUT2D eigenvalue weighted by atomic mass is 10.0. The zero-order valence-corrected chi connectivity index (χ0v) is 11.2. The Hall–Kier alpha value is -0.650. The molecule has 18 heavy (non-hydrogen) atoms. The van der Waals surface area contributed by atoms with Crippen LogP contribution in [-0.4, -0.2) is 65.2 Å². The molecule has 0 aromatic heterocycles. The molecule has 5 nitrogen and oxygen atoms in total. The van der Waals surface area contributed by atoms with Gasteiger partial charge in [-0.25, -0.2) is 0 Å². The number of rotatable bonds is 4. The second kappa shape index (κ2) is 5.99. The quantitative estimate of drug-likeness (QED) is 0.758. The maximum atomic E-state index is 11.2. The molecule has 2 aliphatic rings. The first-order valence-electron chi connectivity index (χ1n) is 7.08. The topological polar surface area (TPSA) is 69.8 Å². The van der Waals surface area contributed by atoms with Crippen molar-refractivity contribution >= 4 is 5.97 Å². The number of carboxylic acids is 1. The van der Waals surface area contributed by atoms with E-state index in [1.165, 1.54) is 0 Å². The molecule has 2 unspecified atom stereocenters. The molecule has 2 rings (SSSR count). The van der Waals surface area contributed by atoms with Crippen LogP contribution in [0, 0.1) is 0 Å². The van der Waals surface area contributed by atoms with Crippen LogP contribution in [0.4, 0.5) is 0 Å². The molecule has 0 bridgehead atoms. The van der Waals surface area contributed by atoms with Crippen molar-refractivity contribution in [3.05, 3.63) is 0 Å². The maximum absolute atomic E-state index is 11.2. The van der Waals surface area contributed by atoms with E-state index in [-0.39, 0.29) is 6.04 Å². The number of hydrogen-bond donors (Lipinski definition) is 2. The molecule has 104 valence electrons. The Morgan fingerprint density at radius 1 is 1.33 bits per heavy atom. The minimum atomic E-state index is -0.682. The molecule has 0 spiro atoms. The summed E-state index contributed by atoms with van der Waals surface area (Å²) in [6, 6.07) is 0.592. The van der Waals surface area contributed by atoms with Gasteiger partial charge in [0.1, 0.15) is 6.04 Å². The first kappa shape index (κ1) is 13.8. The van der Waals surface area contributed by atoms with E-state index in [1.54, 1.807) is 0 Å². The SMILES string of the molecule is CCC(C(=O)O)N1CCC(N2CCC(N)CC2)C1. The van der Waals surface area contributed by atoms with Gasteiger partial charge >= 0.3 is 5.97 Å². The van der Waals surface area contributed by atoms with Gasteiger partial charge < -0.3 is 10.8 Å². The zero-order valence-electron chi connectivity index (χ0n) is 11.2. The average molecular weight is 255 g/mol. The first-order chi connectivity index (χ1) is 8.61. The van der Waals surface area contributed by atoms with Crippen molar-refractivity contribution < 1.29 is 9.90 Å². The first-order valence-corrected chi connectivity index (χ1v) is 7.08. The van der Waals surface area contributed by atoms with Gasteiger partial charge in [-0.15, -0.1) is 0 Å². The van der Waals surface area contributed by atoms with Crippen LogP contribution in [0.15, 0.2) is 0 Å². The summed E-state index contributed by atoms with van der Waals surface area (Å²) < 4.78 is 0. The molecule has 2 atom stereocenters. The molecule has 5 heteroatoms. The molecule has 2 saturated heterocycles. The fraction of sp³-hybridized carbons (Fsp3) is 0.923. The van der Waals surface area contributed by atoms with Gasteiger partial charge in [0.05, 0.1) is 0 Å². The molecule has 0 aromatic carbocycles. The third kappa shape index (κ3) is 3.02. The Balaban J connectivity index is 1.86. The Kier molecular flexibility index (Phi) is 4.59. The van der Waals surface area contributed by atoms with Crippen molar-refractivity contribution in [2.24, 2.45) is 5.73 Å². The van der Waals surface area contributed by atoms with Crippen LogP contribution in [0.5, 0.6) is 0 Å². The van der Waals surface area contributed by atoms with Gasteiger partial charge in [0.15, 0.2) is 0 Å². The Labute approximate surface area is 109 Å².